The van der Waals surface area contributed by atoms with E-state index in [1.807, 2.05) is 25.5 Å². The van der Waals surface area contributed by atoms with E-state index in [2.05, 4.69) is 4.57 Å². The van der Waals surface area contributed by atoms with Crippen molar-refractivity contribution in [3.63, 3.8) is 0 Å². The van der Waals surface area contributed by atoms with Gasteiger partial charge >= 0.3 is 0 Å². The number of aryl methyl sites for hydroxylation is 2. The fourth-order valence-electron chi connectivity index (χ4n) is 2.64. The summed E-state index contributed by atoms with van der Waals surface area (Å²) < 4.78 is 2.09. The summed E-state index contributed by atoms with van der Waals surface area (Å²) >= 11 is 0. The summed E-state index contributed by atoms with van der Waals surface area (Å²) in [5.41, 5.74) is 9.72. The van der Waals surface area contributed by atoms with Gasteiger partial charge in [-0.1, -0.05) is 19.3 Å². The molecule has 0 bridgehead atoms. The van der Waals surface area contributed by atoms with E-state index in [1.165, 1.54) is 0 Å². The molecule has 5 N–H and O–H groups in total. The fraction of sp³-hybridized carbons (Fsp3) is 0.667. The summed E-state index contributed by atoms with van der Waals surface area (Å²) in [6.07, 6.45) is 6.91. The van der Waals surface area contributed by atoms with Gasteiger partial charge < -0.3 is 20.6 Å². The quantitative estimate of drug-likeness (QED) is 0.301. The third kappa shape index (κ3) is 5.49. The molecule has 6 nitrogen and oxygen atoms in total. The van der Waals surface area contributed by atoms with Crippen molar-refractivity contribution < 1.29 is 15.1 Å². The molecule has 0 aliphatic carbocycles. The zero-order valence-corrected chi connectivity index (χ0v) is 12.9. The molecule has 0 aliphatic rings. The highest BCUT2D eigenvalue weighted by Crippen LogP contribution is 2.17. The van der Waals surface area contributed by atoms with Crippen LogP contribution in [0.1, 0.15) is 60.1 Å². The first-order chi connectivity index (χ1) is 9.97. The fourth-order valence-corrected chi connectivity index (χ4v) is 2.64. The first kappa shape index (κ1) is 17.7. The van der Waals surface area contributed by atoms with Crippen molar-refractivity contribution in [3.05, 3.63) is 23.0 Å². The lowest BCUT2D eigenvalue weighted by molar-refractivity contribution is -0.00394. The van der Waals surface area contributed by atoms with Gasteiger partial charge in [0, 0.05) is 18.4 Å². The van der Waals surface area contributed by atoms with Crippen molar-refractivity contribution in [1.82, 2.24) is 10.0 Å². The molecule has 1 aromatic rings. The average molecular weight is 297 g/mol. The molecule has 0 saturated heterocycles. The Kier molecular flexibility index (Phi) is 7.42. The van der Waals surface area contributed by atoms with Crippen LogP contribution in [0.4, 0.5) is 0 Å². The maximum Gasteiger partial charge on any atom is 0.250 e. The average Bonchev–Trinajstić information content (AvgIpc) is 2.72. The summed E-state index contributed by atoms with van der Waals surface area (Å²) in [7, 11) is 0. The maximum absolute atomic E-state index is 11.3. The van der Waals surface area contributed by atoms with Crippen molar-refractivity contribution >= 4 is 5.91 Å². The molecule has 1 amide bonds. The van der Waals surface area contributed by atoms with Crippen LogP contribution in [0.2, 0.25) is 0 Å². The molecule has 1 unspecified atom stereocenters. The number of carbonyl (C=O) groups is 1. The number of hydroxylamine groups is 1. The summed E-state index contributed by atoms with van der Waals surface area (Å²) in [5.74, 6) is -0.361. The van der Waals surface area contributed by atoms with E-state index in [4.69, 9.17) is 16.0 Å². The second-order valence-corrected chi connectivity index (χ2v) is 5.53. The van der Waals surface area contributed by atoms with Crippen LogP contribution in [0.3, 0.4) is 0 Å². The topological polar surface area (TPSA) is 101 Å². The van der Waals surface area contributed by atoms with E-state index >= 15 is 0 Å². The second-order valence-electron chi connectivity index (χ2n) is 5.53. The predicted molar refractivity (Wildman–Crippen MR) is 81.1 cm³/mol. The third-order valence-corrected chi connectivity index (χ3v) is 3.81. The van der Waals surface area contributed by atoms with Crippen molar-refractivity contribution in [3.8, 4) is 0 Å². The van der Waals surface area contributed by atoms with E-state index in [9.17, 15) is 4.79 Å². The predicted octanol–water partition coefficient (Wildman–Crippen LogP) is 1.84. The summed E-state index contributed by atoms with van der Waals surface area (Å²) in [6, 6.07) is 0. The Morgan fingerprint density at radius 2 is 1.90 bits per heavy atom. The van der Waals surface area contributed by atoms with Crippen molar-refractivity contribution in [2.24, 2.45) is 5.73 Å². The zero-order valence-electron chi connectivity index (χ0n) is 12.9. The van der Waals surface area contributed by atoms with Crippen LogP contribution in [0, 0.1) is 13.8 Å². The molecule has 1 aromatic heterocycles. The number of nitrogens with one attached hydrogen (secondary N) is 1. The molecular weight excluding hydrogens is 270 g/mol. The molecule has 1 atom stereocenters. The number of aliphatic hydroxyl groups is 1. The maximum atomic E-state index is 11.3. The Hall–Kier alpha value is -1.37. The van der Waals surface area contributed by atoms with Gasteiger partial charge in [-0.05, 0) is 38.7 Å². The van der Waals surface area contributed by atoms with E-state index in [0.717, 1.165) is 49.9 Å². The SMILES string of the molecule is Cc1cn(CCCCCCCC(O)NO)c(C)c1C(N)=O. The molecule has 120 valence electrons. The number of hydrogen-bond acceptors (Lipinski definition) is 4. The van der Waals surface area contributed by atoms with Crippen molar-refractivity contribution in [2.75, 3.05) is 0 Å². The van der Waals surface area contributed by atoms with Gasteiger partial charge in [0.2, 0.25) is 0 Å². The highest BCUT2D eigenvalue weighted by molar-refractivity contribution is 5.95. The molecule has 21 heavy (non-hydrogen) atoms. The standard InChI is InChI=1S/C15H27N3O3/c1-11-10-18(12(2)14(11)15(16)20)9-7-5-3-4-6-8-13(19)17-21/h10,13,17,19,21H,3-9H2,1-2H3,(H2,16,20). The number of nitrogens with two attached hydrogens (primary N) is 1. The van der Waals surface area contributed by atoms with Crippen molar-refractivity contribution in [1.29, 1.82) is 0 Å². The zero-order chi connectivity index (χ0) is 15.8. The summed E-state index contributed by atoms with van der Waals surface area (Å²) in [6.45, 7) is 4.72. The molecule has 0 aromatic carbocycles. The van der Waals surface area contributed by atoms with Gasteiger partial charge in [-0.15, -0.1) is 0 Å². The molecule has 1 rings (SSSR count). The lowest BCUT2D eigenvalue weighted by atomic mass is 10.1. The smallest absolute Gasteiger partial charge is 0.250 e. The number of nitrogens with zero attached hydrogens (tertiary/aromatic N) is 1. The molecule has 0 saturated carbocycles. The van der Waals surface area contributed by atoms with E-state index < -0.39 is 6.23 Å². The number of rotatable bonds is 10. The Balaban J connectivity index is 2.25. The van der Waals surface area contributed by atoms with E-state index in [0.29, 0.717) is 12.0 Å². The number of aromatic nitrogens is 1. The Labute approximate surface area is 125 Å². The highest BCUT2D eigenvalue weighted by atomic mass is 16.5. The molecule has 0 radical (unpaired) electrons. The number of amides is 1. The minimum absolute atomic E-state index is 0.361. The lowest BCUT2D eigenvalue weighted by Gasteiger charge is -2.08. The number of aliphatic hydroxyl groups excluding tert-OH is 1. The van der Waals surface area contributed by atoms with Crippen LogP contribution in [0.5, 0.6) is 0 Å². The minimum atomic E-state index is -0.817. The third-order valence-electron chi connectivity index (χ3n) is 3.81. The second kappa shape index (κ2) is 8.81. The molecule has 0 fully saturated rings. The number of hydrogen-bond donors (Lipinski definition) is 4. The largest absolute Gasteiger partial charge is 0.377 e. The van der Waals surface area contributed by atoms with Crippen LogP contribution < -0.4 is 11.2 Å². The lowest BCUT2D eigenvalue weighted by Crippen LogP contribution is -2.24. The van der Waals surface area contributed by atoms with Gasteiger partial charge in [0.25, 0.3) is 5.91 Å². The first-order valence-corrected chi connectivity index (χ1v) is 7.51. The summed E-state index contributed by atoms with van der Waals surface area (Å²) in [4.78, 5) is 11.3. The Morgan fingerprint density at radius 1 is 1.29 bits per heavy atom. The van der Waals surface area contributed by atoms with Crippen LogP contribution >= 0.6 is 0 Å². The normalized spacial score (nSPS) is 12.6. The Bertz CT molecular complexity index is 457. The first-order valence-electron chi connectivity index (χ1n) is 7.51. The van der Waals surface area contributed by atoms with E-state index in [-0.39, 0.29) is 5.91 Å². The highest BCUT2D eigenvalue weighted by Gasteiger charge is 2.13. The number of carbonyl (C=O) groups excluding carboxylic acids is 1. The molecule has 1 heterocycles. The van der Waals surface area contributed by atoms with Gasteiger partial charge in [-0.25, -0.2) is 0 Å². The van der Waals surface area contributed by atoms with Gasteiger partial charge in [-0.3, -0.25) is 4.79 Å². The summed E-state index contributed by atoms with van der Waals surface area (Å²) in [5, 5.41) is 17.6. The molecule has 6 heteroatoms. The van der Waals surface area contributed by atoms with Crippen molar-refractivity contribution in [2.45, 2.75) is 65.1 Å². The number of primary amides is 1. The van der Waals surface area contributed by atoms with Crippen LogP contribution in [0.25, 0.3) is 0 Å². The van der Waals surface area contributed by atoms with Gasteiger partial charge in [-0.2, -0.15) is 5.48 Å². The Morgan fingerprint density at radius 3 is 2.48 bits per heavy atom. The minimum Gasteiger partial charge on any atom is -0.377 e. The monoisotopic (exact) mass is 297 g/mol. The van der Waals surface area contributed by atoms with Crippen LogP contribution in [0.15, 0.2) is 6.20 Å². The van der Waals surface area contributed by atoms with Gasteiger partial charge in [0.15, 0.2) is 0 Å². The van der Waals surface area contributed by atoms with E-state index in [1.54, 1.807) is 0 Å². The van der Waals surface area contributed by atoms with Gasteiger partial charge in [0.05, 0.1) is 5.56 Å². The van der Waals surface area contributed by atoms with Crippen LogP contribution in [-0.2, 0) is 6.54 Å². The molecular formula is C15H27N3O3. The number of unbranched alkanes of at least 4 members (excludes halogenated alkanes) is 4. The van der Waals surface area contributed by atoms with Crippen LogP contribution in [-0.4, -0.2) is 27.0 Å². The van der Waals surface area contributed by atoms with Gasteiger partial charge in [0.1, 0.15) is 6.23 Å². The molecule has 0 spiro atoms. The molecule has 0 aliphatic heterocycles.